The van der Waals surface area contributed by atoms with E-state index in [2.05, 4.69) is 33.2 Å². The zero-order valence-electron chi connectivity index (χ0n) is 16.8. The smallest absolute Gasteiger partial charge is 0.260 e. The molecule has 2 amide bonds. The molecular weight excluding hydrogens is 553 g/mol. The van der Waals surface area contributed by atoms with E-state index < -0.39 is 5.91 Å². The first kappa shape index (κ1) is 23.6. The van der Waals surface area contributed by atoms with Crippen LogP contribution in [0.2, 0.25) is 5.02 Å². The van der Waals surface area contributed by atoms with Crippen molar-refractivity contribution in [2.24, 2.45) is 5.73 Å². The molecule has 0 aliphatic carbocycles. The van der Waals surface area contributed by atoms with E-state index in [1.54, 1.807) is 12.1 Å². The summed E-state index contributed by atoms with van der Waals surface area (Å²) < 4.78 is 11.9. The number of primary amides is 1. The summed E-state index contributed by atoms with van der Waals surface area (Å²) in [5, 5.41) is 6.82. The Kier molecular flexibility index (Phi) is 7.95. The fourth-order valence-corrected chi connectivity index (χ4v) is 4.75. The number of nitrogens with two attached hydrogens (primary N) is 1. The minimum Gasteiger partial charge on any atom is -0.490 e. The van der Waals surface area contributed by atoms with Crippen LogP contribution < -0.4 is 25.8 Å². The first-order valence-corrected chi connectivity index (χ1v) is 11.7. The van der Waals surface area contributed by atoms with Gasteiger partial charge in [0, 0.05) is 10.7 Å². The molecule has 0 aromatic heterocycles. The van der Waals surface area contributed by atoms with Crippen LogP contribution in [-0.2, 0) is 9.59 Å². The molecule has 31 heavy (non-hydrogen) atoms. The molecule has 10 heteroatoms. The van der Waals surface area contributed by atoms with Crippen molar-refractivity contribution in [2.45, 2.75) is 19.3 Å². The molecule has 1 aliphatic rings. The fraction of sp³-hybridized carbons (Fsp3) is 0.238. The van der Waals surface area contributed by atoms with Crippen molar-refractivity contribution >= 4 is 69.5 Å². The third kappa shape index (κ3) is 6.20. The standard InChI is InChI=1S/C21H21ClIN3O4S/c1-3-29-16-7-12(6-14(23)19(16)30-10-18(24)27)8-17-20(28)26-21(31-17)25-15-9-13(22)5-4-11(15)2/h4-9,21,25H,3,10H2,1-2H3,(H2,24,27)(H,26,28)/b17-8-. The van der Waals surface area contributed by atoms with Crippen molar-refractivity contribution in [2.75, 3.05) is 18.5 Å². The number of aryl methyl sites for hydroxylation is 1. The Morgan fingerprint density at radius 1 is 1.35 bits per heavy atom. The first-order chi connectivity index (χ1) is 14.8. The largest absolute Gasteiger partial charge is 0.490 e. The molecule has 7 nitrogen and oxygen atoms in total. The van der Waals surface area contributed by atoms with Crippen molar-refractivity contribution in [1.82, 2.24) is 5.32 Å². The predicted octanol–water partition coefficient (Wildman–Crippen LogP) is 4.12. The van der Waals surface area contributed by atoms with Crippen LogP contribution in [-0.4, -0.2) is 30.5 Å². The highest BCUT2D eigenvalue weighted by molar-refractivity contribution is 14.1. The van der Waals surface area contributed by atoms with E-state index >= 15 is 0 Å². The van der Waals surface area contributed by atoms with E-state index in [-0.39, 0.29) is 18.0 Å². The molecule has 0 radical (unpaired) electrons. The molecule has 1 atom stereocenters. The Balaban J connectivity index is 1.81. The van der Waals surface area contributed by atoms with Crippen molar-refractivity contribution in [3.05, 3.63) is 55.0 Å². The number of thioether (sulfide) groups is 1. The lowest BCUT2D eigenvalue weighted by molar-refractivity contribution is -0.120. The lowest BCUT2D eigenvalue weighted by Gasteiger charge is -2.15. The quantitative estimate of drug-likeness (QED) is 0.324. The molecule has 1 heterocycles. The number of hydrogen-bond donors (Lipinski definition) is 3. The molecule has 0 spiro atoms. The Morgan fingerprint density at radius 2 is 2.13 bits per heavy atom. The predicted molar refractivity (Wildman–Crippen MR) is 132 cm³/mol. The monoisotopic (exact) mass is 573 g/mol. The topological polar surface area (TPSA) is 103 Å². The minimum atomic E-state index is -0.572. The summed E-state index contributed by atoms with van der Waals surface area (Å²) in [6, 6.07) is 9.18. The molecule has 1 fully saturated rings. The highest BCUT2D eigenvalue weighted by Gasteiger charge is 2.27. The Hall–Kier alpha value is -2.11. The normalized spacial score (nSPS) is 16.8. The molecular formula is C21H21ClIN3O4S. The number of benzene rings is 2. The second kappa shape index (κ2) is 10.5. The van der Waals surface area contributed by atoms with E-state index in [4.69, 9.17) is 26.8 Å². The third-order valence-corrected chi connectivity index (χ3v) is 6.27. The highest BCUT2D eigenvalue weighted by atomic mass is 127. The Labute approximate surface area is 203 Å². The molecule has 2 aromatic rings. The molecule has 1 saturated heterocycles. The number of nitrogens with one attached hydrogen (secondary N) is 2. The van der Waals surface area contributed by atoms with Crippen LogP contribution in [0.5, 0.6) is 11.5 Å². The van der Waals surface area contributed by atoms with Gasteiger partial charge >= 0.3 is 0 Å². The number of rotatable bonds is 8. The molecule has 4 N–H and O–H groups in total. The molecule has 0 bridgehead atoms. The van der Waals surface area contributed by atoms with Gasteiger partial charge in [0.15, 0.2) is 23.6 Å². The van der Waals surface area contributed by atoms with Crippen LogP contribution in [0.1, 0.15) is 18.1 Å². The van der Waals surface area contributed by atoms with E-state index in [1.807, 2.05) is 38.1 Å². The van der Waals surface area contributed by atoms with Gasteiger partial charge in [-0.05, 0) is 77.9 Å². The minimum absolute atomic E-state index is 0.177. The van der Waals surface area contributed by atoms with Gasteiger partial charge in [0.25, 0.3) is 11.8 Å². The van der Waals surface area contributed by atoms with Crippen molar-refractivity contribution in [3.63, 3.8) is 0 Å². The van der Waals surface area contributed by atoms with Gasteiger partial charge in [0.05, 0.1) is 15.1 Å². The second-order valence-corrected chi connectivity index (χ2v) is 9.35. The lowest BCUT2D eigenvalue weighted by atomic mass is 10.2. The summed E-state index contributed by atoms with van der Waals surface area (Å²) in [7, 11) is 0. The Bertz CT molecular complexity index is 1050. The number of carbonyl (C=O) groups excluding carboxylic acids is 2. The summed E-state index contributed by atoms with van der Waals surface area (Å²) in [5.41, 5.74) is 7.52. The number of carbonyl (C=O) groups is 2. The number of ether oxygens (including phenoxy) is 2. The molecule has 1 aliphatic heterocycles. The van der Waals surface area contributed by atoms with E-state index in [9.17, 15) is 9.59 Å². The van der Waals surface area contributed by atoms with Gasteiger partial charge in [0.1, 0.15) is 0 Å². The number of anilines is 1. The summed E-state index contributed by atoms with van der Waals surface area (Å²) in [4.78, 5) is 24.1. The highest BCUT2D eigenvalue weighted by Crippen LogP contribution is 2.37. The van der Waals surface area contributed by atoms with Gasteiger partial charge < -0.3 is 25.8 Å². The average molecular weight is 574 g/mol. The zero-order chi connectivity index (χ0) is 22.5. The molecule has 3 rings (SSSR count). The van der Waals surface area contributed by atoms with Crippen LogP contribution in [0, 0.1) is 10.5 Å². The average Bonchev–Trinajstić information content (AvgIpc) is 3.03. The van der Waals surface area contributed by atoms with Gasteiger partial charge in [-0.2, -0.15) is 0 Å². The van der Waals surface area contributed by atoms with Gasteiger partial charge in [-0.3, -0.25) is 9.59 Å². The molecule has 2 aromatic carbocycles. The van der Waals surface area contributed by atoms with Crippen LogP contribution in [0.4, 0.5) is 5.69 Å². The maximum atomic E-state index is 12.5. The van der Waals surface area contributed by atoms with Gasteiger partial charge in [0.2, 0.25) is 0 Å². The van der Waals surface area contributed by atoms with Crippen LogP contribution in [0.3, 0.4) is 0 Å². The first-order valence-electron chi connectivity index (χ1n) is 9.36. The third-order valence-electron chi connectivity index (χ3n) is 4.21. The SMILES string of the molecule is CCOc1cc(/C=C2\SC(Nc3cc(Cl)ccc3C)NC2=O)cc(I)c1OCC(N)=O. The summed E-state index contributed by atoms with van der Waals surface area (Å²) in [5.74, 6) is 0.180. The maximum absolute atomic E-state index is 12.5. The zero-order valence-corrected chi connectivity index (χ0v) is 20.6. The molecule has 164 valence electrons. The maximum Gasteiger partial charge on any atom is 0.260 e. The lowest BCUT2D eigenvalue weighted by Crippen LogP contribution is -2.31. The summed E-state index contributed by atoms with van der Waals surface area (Å²) >= 11 is 9.55. The van der Waals surface area contributed by atoms with E-state index in [0.29, 0.717) is 28.0 Å². The molecule has 0 saturated carbocycles. The van der Waals surface area contributed by atoms with E-state index in [1.165, 1.54) is 11.8 Å². The van der Waals surface area contributed by atoms with Gasteiger partial charge in [-0.25, -0.2) is 0 Å². The van der Waals surface area contributed by atoms with Crippen molar-refractivity contribution in [1.29, 1.82) is 0 Å². The second-order valence-electron chi connectivity index (χ2n) is 6.60. The van der Waals surface area contributed by atoms with Crippen molar-refractivity contribution < 1.29 is 19.1 Å². The van der Waals surface area contributed by atoms with Gasteiger partial charge in [-0.1, -0.05) is 29.4 Å². The van der Waals surface area contributed by atoms with Crippen LogP contribution in [0.25, 0.3) is 6.08 Å². The number of amides is 2. The van der Waals surface area contributed by atoms with Crippen LogP contribution in [0.15, 0.2) is 35.2 Å². The van der Waals surface area contributed by atoms with Gasteiger partial charge in [-0.15, -0.1) is 0 Å². The van der Waals surface area contributed by atoms with Crippen molar-refractivity contribution in [3.8, 4) is 11.5 Å². The number of halogens is 2. The molecule has 1 unspecified atom stereocenters. The summed E-state index contributed by atoms with van der Waals surface area (Å²) in [6.07, 6.45) is 1.79. The van der Waals surface area contributed by atoms with E-state index in [0.717, 1.165) is 20.4 Å². The van der Waals surface area contributed by atoms with Crippen LogP contribution >= 0.6 is 46.0 Å². The number of hydrogen-bond acceptors (Lipinski definition) is 6. The summed E-state index contributed by atoms with van der Waals surface area (Å²) in [6.45, 7) is 3.99. The Morgan fingerprint density at radius 3 is 2.84 bits per heavy atom. The fourth-order valence-electron chi connectivity index (χ4n) is 2.83.